The van der Waals surface area contributed by atoms with Crippen molar-refractivity contribution in [1.29, 1.82) is 0 Å². The third kappa shape index (κ3) is 3.41. The van der Waals surface area contributed by atoms with Crippen LogP contribution in [0.5, 0.6) is 0 Å². The van der Waals surface area contributed by atoms with Crippen LogP contribution >= 0.6 is 23.2 Å². The summed E-state index contributed by atoms with van der Waals surface area (Å²) in [5, 5.41) is 0.447. The number of rotatable bonds is 5. The molecule has 0 saturated heterocycles. The Morgan fingerprint density at radius 3 is 2.42 bits per heavy atom. The number of nitrogens with two attached hydrogens (primary N) is 1. The van der Waals surface area contributed by atoms with Crippen LogP contribution in [-0.4, -0.2) is 25.8 Å². The maximum atomic E-state index is 12.5. The van der Waals surface area contributed by atoms with Gasteiger partial charge in [-0.15, -0.1) is 0 Å². The number of hydrogen-bond acceptors (Lipinski definition) is 3. The highest BCUT2D eigenvalue weighted by molar-refractivity contribution is 7.89. The largest absolute Gasteiger partial charge is 0.326 e. The highest BCUT2D eigenvalue weighted by Gasteiger charge is 2.28. The maximum Gasteiger partial charge on any atom is 0.244 e. The number of halogens is 2. The Labute approximate surface area is 124 Å². The predicted molar refractivity (Wildman–Crippen MR) is 79.1 cm³/mol. The summed E-state index contributed by atoms with van der Waals surface area (Å²) < 4.78 is 26.3. The van der Waals surface area contributed by atoms with Crippen LogP contribution in [0, 0.1) is 0 Å². The quantitative estimate of drug-likeness (QED) is 0.905. The number of hydrogen-bond donors (Lipinski definition) is 1. The zero-order valence-corrected chi connectivity index (χ0v) is 13.5. The van der Waals surface area contributed by atoms with Gasteiger partial charge in [0.15, 0.2) is 0 Å². The van der Waals surface area contributed by atoms with E-state index in [1.54, 1.807) is 6.07 Å². The van der Waals surface area contributed by atoms with Crippen LogP contribution < -0.4 is 5.73 Å². The second-order valence-corrected chi connectivity index (χ2v) is 7.14. The van der Waals surface area contributed by atoms with Crippen molar-refractivity contribution in [3.8, 4) is 0 Å². The van der Waals surface area contributed by atoms with Gasteiger partial charge in [0.25, 0.3) is 0 Å². The van der Waals surface area contributed by atoms with Crippen molar-refractivity contribution >= 4 is 33.2 Å². The van der Waals surface area contributed by atoms with Gasteiger partial charge in [-0.1, -0.05) is 30.1 Å². The summed E-state index contributed by atoms with van der Waals surface area (Å²) in [5.41, 5.74) is 6.06. The first-order valence-corrected chi connectivity index (χ1v) is 8.11. The molecule has 1 atom stereocenters. The summed E-state index contributed by atoms with van der Waals surface area (Å²) in [7, 11) is -2.14. The van der Waals surface area contributed by atoms with Crippen LogP contribution in [0.2, 0.25) is 10.0 Å². The van der Waals surface area contributed by atoms with Gasteiger partial charge in [-0.25, -0.2) is 8.42 Å². The fourth-order valence-electron chi connectivity index (χ4n) is 1.60. The molecule has 0 aliphatic heterocycles. The Morgan fingerprint density at radius 2 is 1.95 bits per heavy atom. The second kappa shape index (κ2) is 6.41. The molecule has 1 aromatic rings. The highest BCUT2D eigenvalue weighted by Crippen LogP contribution is 2.31. The van der Waals surface area contributed by atoms with Gasteiger partial charge in [0.1, 0.15) is 4.90 Å². The average molecular weight is 325 g/mol. The zero-order chi connectivity index (χ0) is 14.8. The van der Waals surface area contributed by atoms with E-state index in [-0.39, 0.29) is 22.5 Å². The van der Waals surface area contributed by atoms with E-state index in [1.807, 2.05) is 13.8 Å². The summed E-state index contributed by atoms with van der Waals surface area (Å²) >= 11 is 12.0. The fourth-order valence-corrected chi connectivity index (χ4v) is 3.95. The van der Waals surface area contributed by atoms with Crippen molar-refractivity contribution in [2.45, 2.75) is 37.8 Å². The molecule has 2 N–H and O–H groups in total. The van der Waals surface area contributed by atoms with Crippen molar-refractivity contribution in [3.05, 3.63) is 27.7 Å². The van der Waals surface area contributed by atoms with E-state index >= 15 is 0 Å². The van der Waals surface area contributed by atoms with Crippen molar-refractivity contribution in [1.82, 2.24) is 4.31 Å². The maximum absolute atomic E-state index is 12.5. The van der Waals surface area contributed by atoms with Gasteiger partial charge in [-0.2, -0.15) is 4.31 Å². The SMILES string of the molecule is CCC(C)N(C)S(=O)(=O)c1cc(Cl)cc(CN)c1Cl. The smallest absolute Gasteiger partial charge is 0.244 e. The summed E-state index contributed by atoms with van der Waals surface area (Å²) in [6.45, 7) is 3.89. The predicted octanol–water partition coefficient (Wildman–Crippen LogP) is 2.87. The minimum Gasteiger partial charge on any atom is -0.326 e. The molecular weight excluding hydrogens is 307 g/mol. The van der Waals surface area contributed by atoms with Gasteiger partial charge in [0.2, 0.25) is 10.0 Å². The Balaban J connectivity index is 3.41. The first-order valence-electron chi connectivity index (χ1n) is 5.91. The second-order valence-electron chi connectivity index (χ2n) is 4.36. The topological polar surface area (TPSA) is 63.4 Å². The van der Waals surface area contributed by atoms with Crippen LogP contribution in [0.3, 0.4) is 0 Å². The minimum absolute atomic E-state index is 0.00455. The third-order valence-corrected chi connectivity index (χ3v) is 5.94. The number of nitrogens with zero attached hydrogens (tertiary/aromatic N) is 1. The molecular formula is C12H18Cl2N2O2S. The average Bonchev–Trinajstić information content (AvgIpc) is 2.38. The Bertz CT molecular complexity index is 561. The summed E-state index contributed by atoms with van der Waals surface area (Å²) in [5.74, 6) is 0. The molecule has 108 valence electrons. The monoisotopic (exact) mass is 324 g/mol. The molecule has 0 fully saturated rings. The van der Waals surface area contributed by atoms with Crippen molar-refractivity contribution in [3.63, 3.8) is 0 Å². The molecule has 4 nitrogen and oxygen atoms in total. The van der Waals surface area contributed by atoms with E-state index in [2.05, 4.69) is 0 Å². The molecule has 0 saturated carbocycles. The highest BCUT2D eigenvalue weighted by atomic mass is 35.5. The first kappa shape index (κ1) is 16.7. The number of sulfonamides is 1. The summed E-state index contributed by atoms with van der Waals surface area (Å²) in [4.78, 5) is 0.00455. The van der Waals surface area contributed by atoms with Gasteiger partial charge < -0.3 is 5.73 Å². The molecule has 0 aliphatic rings. The third-order valence-electron chi connectivity index (χ3n) is 3.17. The fraction of sp³-hybridized carbons (Fsp3) is 0.500. The van der Waals surface area contributed by atoms with E-state index in [4.69, 9.17) is 28.9 Å². The van der Waals surface area contributed by atoms with Gasteiger partial charge in [0.05, 0.1) is 5.02 Å². The standard InChI is InChI=1S/C12H18Cl2N2O2S/c1-4-8(2)16(3)19(17,18)11-6-10(13)5-9(7-15)12(11)14/h5-6,8H,4,7,15H2,1-3H3. The zero-order valence-electron chi connectivity index (χ0n) is 11.2. The summed E-state index contributed by atoms with van der Waals surface area (Å²) in [6, 6.07) is 2.81. The van der Waals surface area contributed by atoms with E-state index in [0.717, 1.165) is 0 Å². The van der Waals surface area contributed by atoms with Gasteiger partial charge in [0, 0.05) is 24.7 Å². The molecule has 19 heavy (non-hydrogen) atoms. The van der Waals surface area contributed by atoms with Crippen molar-refractivity contribution in [2.24, 2.45) is 5.73 Å². The van der Waals surface area contributed by atoms with Crippen molar-refractivity contribution < 1.29 is 8.42 Å². The van der Waals surface area contributed by atoms with Crippen LogP contribution in [0.25, 0.3) is 0 Å². The molecule has 0 aromatic heterocycles. The molecule has 0 heterocycles. The lowest BCUT2D eigenvalue weighted by atomic mass is 10.2. The van der Waals surface area contributed by atoms with Crippen LogP contribution in [0.1, 0.15) is 25.8 Å². The lowest BCUT2D eigenvalue weighted by molar-refractivity contribution is 0.380. The van der Waals surface area contributed by atoms with E-state index in [9.17, 15) is 8.42 Å². The van der Waals surface area contributed by atoms with Crippen LogP contribution in [0.15, 0.2) is 17.0 Å². The molecule has 0 spiro atoms. The molecule has 0 bridgehead atoms. The molecule has 0 aliphatic carbocycles. The molecule has 0 amide bonds. The molecule has 7 heteroatoms. The van der Waals surface area contributed by atoms with Gasteiger partial charge in [-0.05, 0) is 31.0 Å². The molecule has 0 radical (unpaired) electrons. The van der Waals surface area contributed by atoms with E-state index < -0.39 is 10.0 Å². The molecule has 1 aromatic carbocycles. The minimum atomic E-state index is -3.67. The Hall–Kier alpha value is -0.330. The molecule has 1 rings (SSSR count). The van der Waals surface area contributed by atoms with Gasteiger partial charge in [-0.3, -0.25) is 0 Å². The summed E-state index contributed by atoms with van der Waals surface area (Å²) in [6.07, 6.45) is 0.706. The Morgan fingerprint density at radius 1 is 1.37 bits per heavy atom. The van der Waals surface area contributed by atoms with E-state index in [1.165, 1.54) is 17.4 Å². The lowest BCUT2D eigenvalue weighted by Gasteiger charge is -2.24. The lowest BCUT2D eigenvalue weighted by Crippen LogP contribution is -2.34. The van der Waals surface area contributed by atoms with Crippen LogP contribution in [-0.2, 0) is 16.6 Å². The number of benzene rings is 1. The molecule has 1 unspecified atom stereocenters. The van der Waals surface area contributed by atoms with Crippen LogP contribution in [0.4, 0.5) is 0 Å². The van der Waals surface area contributed by atoms with Crippen molar-refractivity contribution in [2.75, 3.05) is 7.05 Å². The first-order chi connectivity index (χ1) is 8.75. The van der Waals surface area contributed by atoms with Gasteiger partial charge >= 0.3 is 0 Å². The van der Waals surface area contributed by atoms with E-state index in [0.29, 0.717) is 17.0 Å². The Kier molecular flexibility index (Phi) is 5.65. The normalized spacial score (nSPS) is 13.8.